The standard InChI is InChI=1S/C18H22N2O2/c1-14(17(21)13-16-5-3-2-4-6-16)20-18(22)8-7-15-9-11-19-12-10-15/h2-6,9-12,14,17,21H,7-8,13H2,1H3,(H,20,22). The fourth-order valence-corrected chi connectivity index (χ4v) is 2.26. The highest BCUT2D eigenvalue weighted by Gasteiger charge is 2.16. The van der Waals surface area contributed by atoms with Crippen LogP contribution in [0.3, 0.4) is 0 Å². The third-order valence-electron chi connectivity index (χ3n) is 3.64. The van der Waals surface area contributed by atoms with Crippen LogP contribution in [0.1, 0.15) is 24.5 Å². The molecule has 2 rings (SSSR count). The number of rotatable bonds is 7. The molecule has 0 saturated heterocycles. The average Bonchev–Trinajstić information content (AvgIpc) is 2.55. The lowest BCUT2D eigenvalue weighted by Crippen LogP contribution is -2.42. The van der Waals surface area contributed by atoms with E-state index < -0.39 is 6.10 Å². The van der Waals surface area contributed by atoms with Crippen molar-refractivity contribution in [3.05, 3.63) is 66.0 Å². The van der Waals surface area contributed by atoms with Crippen LogP contribution >= 0.6 is 0 Å². The Bertz CT molecular complexity index is 572. The second kappa shape index (κ2) is 8.29. The number of benzene rings is 1. The van der Waals surface area contributed by atoms with Gasteiger partial charge in [-0.2, -0.15) is 0 Å². The van der Waals surface area contributed by atoms with Crippen LogP contribution in [-0.4, -0.2) is 28.1 Å². The number of aliphatic hydroxyl groups excluding tert-OH is 1. The van der Waals surface area contributed by atoms with Crippen molar-refractivity contribution in [3.8, 4) is 0 Å². The maximum atomic E-state index is 11.9. The van der Waals surface area contributed by atoms with Gasteiger partial charge in [-0.05, 0) is 36.6 Å². The van der Waals surface area contributed by atoms with E-state index in [2.05, 4.69) is 10.3 Å². The van der Waals surface area contributed by atoms with Gasteiger partial charge in [0, 0.05) is 25.2 Å². The molecule has 0 aliphatic rings. The number of hydrogen-bond donors (Lipinski definition) is 2. The van der Waals surface area contributed by atoms with E-state index in [1.807, 2.05) is 49.4 Å². The van der Waals surface area contributed by atoms with Crippen LogP contribution in [0.15, 0.2) is 54.9 Å². The van der Waals surface area contributed by atoms with Crippen molar-refractivity contribution >= 4 is 5.91 Å². The molecule has 1 aromatic carbocycles. The van der Waals surface area contributed by atoms with Crippen LogP contribution in [0.2, 0.25) is 0 Å². The summed E-state index contributed by atoms with van der Waals surface area (Å²) in [6.07, 6.45) is 4.47. The number of aliphatic hydroxyl groups is 1. The van der Waals surface area contributed by atoms with Gasteiger partial charge in [0.05, 0.1) is 12.1 Å². The molecule has 0 aliphatic heterocycles. The molecule has 0 spiro atoms. The largest absolute Gasteiger partial charge is 0.391 e. The lowest BCUT2D eigenvalue weighted by atomic mass is 10.0. The van der Waals surface area contributed by atoms with Crippen molar-refractivity contribution < 1.29 is 9.90 Å². The molecule has 2 N–H and O–H groups in total. The maximum Gasteiger partial charge on any atom is 0.220 e. The van der Waals surface area contributed by atoms with Gasteiger partial charge in [0.2, 0.25) is 5.91 Å². The van der Waals surface area contributed by atoms with Crippen LogP contribution in [0, 0.1) is 0 Å². The van der Waals surface area contributed by atoms with E-state index in [9.17, 15) is 9.90 Å². The maximum absolute atomic E-state index is 11.9. The third-order valence-corrected chi connectivity index (χ3v) is 3.64. The summed E-state index contributed by atoms with van der Waals surface area (Å²) in [6.45, 7) is 1.83. The summed E-state index contributed by atoms with van der Waals surface area (Å²) in [5.41, 5.74) is 2.15. The lowest BCUT2D eigenvalue weighted by molar-refractivity contribution is -0.122. The number of aromatic nitrogens is 1. The average molecular weight is 298 g/mol. The van der Waals surface area contributed by atoms with E-state index in [0.717, 1.165) is 11.1 Å². The Morgan fingerprint density at radius 3 is 2.50 bits per heavy atom. The molecule has 2 atom stereocenters. The van der Waals surface area contributed by atoms with Gasteiger partial charge in [0.15, 0.2) is 0 Å². The number of carbonyl (C=O) groups is 1. The Hall–Kier alpha value is -2.20. The highest BCUT2D eigenvalue weighted by atomic mass is 16.3. The Morgan fingerprint density at radius 1 is 1.14 bits per heavy atom. The fourth-order valence-electron chi connectivity index (χ4n) is 2.26. The second-order valence-electron chi connectivity index (χ2n) is 5.47. The zero-order valence-corrected chi connectivity index (χ0v) is 12.8. The minimum absolute atomic E-state index is 0.0450. The molecule has 2 unspecified atom stereocenters. The van der Waals surface area contributed by atoms with E-state index >= 15 is 0 Å². The molecule has 1 aromatic heterocycles. The normalized spacial score (nSPS) is 13.4. The SMILES string of the molecule is CC(NC(=O)CCc1ccncc1)C(O)Cc1ccccc1. The molecule has 0 bridgehead atoms. The topological polar surface area (TPSA) is 62.2 Å². The first kappa shape index (κ1) is 16.2. The number of amides is 1. The van der Waals surface area contributed by atoms with Crippen molar-refractivity contribution in [1.29, 1.82) is 0 Å². The monoisotopic (exact) mass is 298 g/mol. The summed E-state index contributed by atoms with van der Waals surface area (Å²) < 4.78 is 0. The van der Waals surface area contributed by atoms with E-state index in [1.165, 1.54) is 0 Å². The molecule has 0 aliphatic carbocycles. The van der Waals surface area contributed by atoms with Crippen molar-refractivity contribution in [2.75, 3.05) is 0 Å². The van der Waals surface area contributed by atoms with Crippen molar-refractivity contribution in [2.45, 2.75) is 38.3 Å². The van der Waals surface area contributed by atoms with Gasteiger partial charge in [-0.1, -0.05) is 30.3 Å². The third kappa shape index (κ3) is 5.30. The number of carbonyl (C=O) groups excluding carboxylic acids is 1. The molecule has 1 heterocycles. The van der Waals surface area contributed by atoms with Gasteiger partial charge in [-0.25, -0.2) is 0 Å². The molecule has 0 fully saturated rings. The molecule has 0 saturated carbocycles. The molecule has 1 amide bonds. The highest BCUT2D eigenvalue weighted by molar-refractivity contribution is 5.76. The summed E-state index contributed by atoms with van der Waals surface area (Å²) in [6, 6.07) is 13.3. The predicted molar refractivity (Wildman–Crippen MR) is 86.3 cm³/mol. The summed E-state index contributed by atoms with van der Waals surface area (Å²) in [7, 11) is 0. The number of hydrogen-bond acceptors (Lipinski definition) is 3. The van der Waals surface area contributed by atoms with Crippen molar-refractivity contribution in [1.82, 2.24) is 10.3 Å². The first-order valence-corrected chi connectivity index (χ1v) is 7.55. The molecular weight excluding hydrogens is 276 g/mol. The summed E-state index contributed by atoms with van der Waals surface area (Å²) >= 11 is 0. The minimum atomic E-state index is -0.590. The van der Waals surface area contributed by atoms with Crippen LogP contribution < -0.4 is 5.32 Å². The molecule has 22 heavy (non-hydrogen) atoms. The Balaban J connectivity index is 1.75. The zero-order valence-electron chi connectivity index (χ0n) is 12.8. The van der Waals surface area contributed by atoms with Crippen molar-refractivity contribution in [2.24, 2.45) is 0 Å². The van der Waals surface area contributed by atoms with Gasteiger partial charge in [0.1, 0.15) is 0 Å². The molecule has 0 radical (unpaired) electrons. The molecule has 2 aromatic rings. The molecular formula is C18H22N2O2. The number of nitrogens with zero attached hydrogens (tertiary/aromatic N) is 1. The second-order valence-corrected chi connectivity index (χ2v) is 5.47. The minimum Gasteiger partial charge on any atom is -0.391 e. The van der Waals surface area contributed by atoms with Crippen LogP contribution in [0.4, 0.5) is 0 Å². The molecule has 4 heteroatoms. The van der Waals surface area contributed by atoms with Gasteiger partial charge in [0.25, 0.3) is 0 Å². The van der Waals surface area contributed by atoms with Crippen molar-refractivity contribution in [3.63, 3.8) is 0 Å². The van der Waals surface area contributed by atoms with Gasteiger partial charge >= 0.3 is 0 Å². The van der Waals surface area contributed by atoms with E-state index in [0.29, 0.717) is 19.3 Å². The Kier molecular flexibility index (Phi) is 6.10. The van der Waals surface area contributed by atoms with Gasteiger partial charge < -0.3 is 10.4 Å². The fraction of sp³-hybridized carbons (Fsp3) is 0.333. The quantitative estimate of drug-likeness (QED) is 0.823. The predicted octanol–water partition coefficient (Wildman–Crippen LogP) is 2.12. The van der Waals surface area contributed by atoms with E-state index in [-0.39, 0.29) is 11.9 Å². The molecule has 116 valence electrons. The number of aryl methyl sites for hydroxylation is 1. The summed E-state index contributed by atoms with van der Waals surface area (Å²) in [5.74, 6) is -0.0450. The first-order chi connectivity index (χ1) is 10.6. The number of pyridine rings is 1. The Labute approximate surface area is 131 Å². The van der Waals surface area contributed by atoms with Crippen LogP contribution in [-0.2, 0) is 17.6 Å². The zero-order chi connectivity index (χ0) is 15.8. The lowest BCUT2D eigenvalue weighted by Gasteiger charge is -2.20. The van der Waals surface area contributed by atoms with E-state index in [4.69, 9.17) is 0 Å². The smallest absolute Gasteiger partial charge is 0.220 e. The van der Waals surface area contributed by atoms with Crippen LogP contribution in [0.5, 0.6) is 0 Å². The highest BCUT2D eigenvalue weighted by Crippen LogP contribution is 2.07. The summed E-state index contributed by atoms with van der Waals surface area (Å²) in [4.78, 5) is 15.9. The van der Waals surface area contributed by atoms with Gasteiger partial charge in [-0.3, -0.25) is 9.78 Å². The molecule has 4 nitrogen and oxygen atoms in total. The van der Waals surface area contributed by atoms with Gasteiger partial charge in [-0.15, -0.1) is 0 Å². The van der Waals surface area contributed by atoms with Crippen LogP contribution in [0.25, 0.3) is 0 Å². The van der Waals surface area contributed by atoms with E-state index in [1.54, 1.807) is 12.4 Å². The number of nitrogens with one attached hydrogen (secondary N) is 1. The summed E-state index contributed by atoms with van der Waals surface area (Å²) in [5, 5.41) is 13.0. The Morgan fingerprint density at radius 2 is 1.82 bits per heavy atom. The first-order valence-electron chi connectivity index (χ1n) is 7.55.